The molecular formula is C52H98N4O10. The van der Waals surface area contributed by atoms with E-state index in [0.717, 1.165) is 29.0 Å². The van der Waals surface area contributed by atoms with Crippen molar-refractivity contribution in [1.82, 2.24) is 10.6 Å². The maximum atomic E-state index is 11.3. The van der Waals surface area contributed by atoms with Crippen molar-refractivity contribution >= 4 is 24.1 Å². The molecule has 2 atom stereocenters. The van der Waals surface area contributed by atoms with Crippen LogP contribution in [0, 0.1) is 37.5 Å². The van der Waals surface area contributed by atoms with Crippen LogP contribution in [0.25, 0.3) is 0 Å². The minimum absolute atomic E-state index is 0.00324. The number of alkyl carbamates (subject to hydrolysis) is 2. The van der Waals surface area contributed by atoms with E-state index in [9.17, 15) is 19.2 Å². The predicted molar refractivity (Wildman–Crippen MR) is 273 cm³/mol. The number of carbonyl (C=O) groups excluding carboxylic acids is 4. The van der Waals surface area contributed by atoms with Gasteiger partial charge in [-0.05, 0) is 106 Å². The number of methoxy groups -OCH3 is 3. The van der Waals surface area contributed by atoms with Gasteiger partial charge in [0.1, 0.15) is 11.5 Å². The summed E-state index contributed by atoms with van der Waals surface area (Å²) in [6.45, 7) is 41.4. The molecule has 2 rings (SSSR count). The Kier molecular flexibility index (Phi) is 44.9. The Balaban J connectivity index is -0.000000236. The molecule has 14 nitrogen and oxygen atoms in total. The van der Waals surface area contributed by atoms with Gasteiger partial charge in [0, 0.05) is 45.7 Å². The van der Waals surface area contributed by atoms with Crippen LogP contribution in [0.4, 0.5) is 9.59 Å². The van der Waals surface area contributed by atoms with E-state index in [-0.39, 0.29) is 41.5 Å². The maximum absolute atomic E-state index is 11.3. The molecule has 2 amide bonds. The average molecular weight is 939 g/mol. The van der Waals surface area contributed by atoms with Crippen molar-refractivity contribution < 1.29 is 47.6 Å². The predicted octanol–water partition coefficient (Wildman–Crippen LogP) is 11.0. The van der Waals surface area contributed by atoms with E-state index >= 15 is 0 Å². The number of rotatable bonds is 15. The first-order chi connectivity index (χ1) is 30.5. The topological polar surface area (TPSA) is 200 Å². The van der Waals surface area contributed by atoms with Crippen molar-refractivity contribution in [3.05, 3.63) is 59.2 Å². The van der Waals surface area contributed by atoms with E-state index in [1.54, 1.807) is 7.11 Å². The molecule has 0 heterocycles. The zero-order valence-corrected chi connectivity index (χ0v) is 45.7. The average Bonchev–Trinajstić information content (AvgIpc) is 3.21. The smallest absolute Gasteiger partial charge is 0.407 e. The Labute approximate surface area is 402 Å². The summed E-state index contributed by atoms with van der Waals surface area (Å²) in [7, 11) is 4.28. The van der Waals surface area contributed by atoms with Gasteiger partial charge in [-0.1, -0.05) is 107 Å². The van der Waals surface area contributed by atoms with Crippen LogP contribution in [-0.2, 0) is 34.0 Å². The van der Waals surface area contributed by atoms with Crippen molar-refractivity contribution in [2.75, 3.05) is 41.0 Å². The van der Waals surface area contributed by atoms with Crippen LogP contribution >= 0.6 is 0 Å². The fraction of sp³-hybridized carbons (Fsp3) is 0.692. The third-order valence-corrected chi connectivity index (χ3v) is 8.57. The zero-order chi connectivity index (χ0) is 52.7. The molecule has 6 N–H and O–H groups in total. The number of esters is 2. The first-order valence-corrected chi connectivity index (χ1v) is 23.3. The molecule has 2 unspecified atom stereocenters. The van der Waals surface area contributed by atoms with Crippen LogP contribution in [0.2, 0.25) is 0 Å². The number of hydrogen-bond acceptors (Lipinski definition) is 12. The number of aryl methyl sites for hydroxylation is 2. The second kappa shape index (κ2) is 42.0. The number of nitrogens with two attached hydrogens (primary N) is 2. The molecule has 2 aromatic carbocycles. The summed E-state index contributed by atoms with van der Waals surface area (Å²) in [6.07, 6.45) is 0.676. The molecule has 0 saturated carbocycles. The molecule has 0 aliphatic carbocycles. The van der Waals surface area contributed by atoms with Crippen LogP contribution < -0.4 is 31.6 Å². The lowest BCUT2D eigenvalue weighted by Crippen LogP contribution is -2.46. The van der Waals surface area contributed by atoms with Gasteiger partial charge in [-0.3, -0.25) is 9.59 Å². The summed E-state index contributed by atoms with van der Waals surface area (Å²) in [5, 5.41) is 5.13. The largest absolute Gasteiger partial charge is 0.491 e. The van der Waals surface area contributed by atoms with Crippen LogP contribution in [0.15, 0.2) is 42.5 Å². The highest BCUT2D eigenvalue weighted by Crippen LogP contribution is 2.39. The molecule has 0 aliphatic heterocycles. The van der Waals surface area contributed by atoms with Gasteiger partial charge >= 0.3 is 24.1 Å². The van der Waals surface area contributed by atoms with E-state index in [2.05, 4.69) is 79.4 Å². The number of nitrogens with one attached hydrogen (secondary N) is 2. The minimum Gasteiger partial charge on any atom is -0.491 e. The highest BCUT2D eigenvalue weighted by atomic mass is 16.5. The van der Waals surface area contributed by atoms with Crippen LogP contribution in [0.1, 0.15) is 148 Å². The SMILES string of the molecule is CC.CC(=O)OCC(C)C.CC(=O)Oc1cc(C)cc(C)c1C(C)(C)CC(C)C.CC(C)C(N)CN.CC(C)Oc1ccccc1.COC(=O)NCC(NC(=O)OC)C(C)C.COC(C)C. The lowest BCUT2D eigenvalue weighted by atomic mass is 9.75. The van der Waals surface area contributed by atoms with Crippen LogP contribution in [-0.4, -0.2) is 89.4 Å². The zero-order valence-electron chi connectivity index (χ0n) is 45.7. The van der Waals surface area contributed by atoms with E-state index in [1.807, 2.05) is 113 Å². The first kappa shape index (κ1) is 70.6. The second-order valence-electron chi connectivity index (χ2n) is 18.0. The van der Waals surface area contributed by atoms with Crippen LogP contribution in [0.3, 0.4) is 0 Å². The summed E-state index contributed by atoms with van der Waals surface area (Å²) < 4.78 is 29.2. The Morgan fingerprint density at radius 3 is 1.53 bits per heavy atom. The second-order valence-corrected chi connectivity index (χ2v) is 18.0. The summed E-state index contributed by atoms with van der Waals surface area (Å²) >= 11 is 0. The normalized spacial score (nSPS) is 11.1. The van der Waals surface area contributed by atoms with Gasteiger partial charge in [-0.25, -0.2) is 9.59 Å². The Hall–Kier alpha value is -4.40. The van der Waals surface area contributed by atoms with Crippen molar-refractivity contribution in [2.45, 2.75) is 175 Å². The Bertz CT molecular complexity index is 1510. The molecule has 386 valence electrons. The highest BCUT2D eigenvalue weighted by molar-refractivity contribution is 5.70. The van der Waals surface area contributed by atoms with Crippen molar-refractivity contribution in [3.63, 3.8) is 0 Å². The van der Waals surface area contributed by atoms with E-state index in [4.69, 9.17) is 25.7 Å². The number of amides is 2. The number of carbonyl (C=O) groups is 4. The number of ether oxygens (including phenoxy) is 6. The third kappa shape index (κ3) is 43.5. The molecule has 0 spiro atoms. The fourth-order valence-electron chi connectivity index (χ4n) is 5.41. The number of hydrogen-bond donors (Lipinski definition) is 4. The molecule has 0 bridgehead atoms. The number of para-hydroxylation sites is 1. The molecule has 0 aliphatic rings. The Morgan fingerprint density at radius 1 is 0.712 bits per heavy atom. The standard InChI is InChI=1S/C17H26O2.C9H18N2O4.C9H12O.C6H12O2.C5H14N2.C4H10O.C2H6/c1-11(2)10-17(6,7)16-13(4)8-12(3)9-15(16)19-14(5)18;1-6(2)7(11-9(13)15-4)5-10-8(12)14-3;1-8(2)10-9-6-4-3-5-7-9;1-5(2)4-8-6(3)7;1-4(2)5(7)3-6;1-4(2)5-3;1-2/h8-9,11H,10H2,1-7H3;6-7H,5H2,1-4H3,(H,10,12)(H,11,13);3-8H,1-2H3;5H,4H2,1-3H3;4-5H,3,6-7H2,1-2H3;4H,1-3H3;1-2H3. The summed E-state index contributed by atoms with van der Waals surface area (Å²) in [4.78, 5) is 43.2. The summed E-state index contributed by atoms with van der Waals surface area (Å²) in [5.74, 6) is 2.95. The molecule has 2 aromatic rings. The molecule has 0 saturated heterocycles. The van der Waals surface area contributed by atoms with Crippen molar-refractivity contribution in [1.29, 1.82) is 0 Å². The van der Waals surface area contributed by atoms with Gasteiger partial charge in [-0.15, -0.1) is 0 Å². The van der Waals surface area contributed by atoms with E-state index in [0.29, 0.717) is 43.6 Å². The maximum Gasteiger partial charge on any atom is 0.407 e. The summed E-state index contributed by atoms with van der Waals surface area (Å²) in [6, 6.07) is 14.0. The third-order valence-electron chi connectivity index (χ3n) is 8.57. The molecular weight excluding hydrogens is 841 g/mol. The van der Waals surface area contributed by atoms with Gasteiger partial charge < -0.3 is 50.5 Å². The quantitative estimate of drug-likeness (QED) is 0.0749. The van der Waals surface area contributed by atoms with E-state index in [1.165, 1.54) is 33.6 Å². The molecule has 0 radical (unpaired) electrons. The Morgan fingerprint density at radius 2 is 1.21 bits per heavy atom. The first-order valence-electron chi connectivity index (χ1n) is 23.3. The van der Waals surface area contributed by atoms with Gasteiger partial charge in [0.15, 0.2) is 0 Å². The van der Waals surface area contributed by atoms with Gasteiger partial charge in [-0.2, -0.15) is 0 Å². The van der Waals surface area contributed by atoms with Gasteiger partial charge in [0.2, 0.25) is 0 Å². The highest BCUT2D eigenvalue weighted by Gasteiger charge is 2.28. The number of benzene rings is 2. The van der Waals surface area contributed by atoms with E-state index < -0.39 is 12.2 Å². The lowest BCUT2D eigenvalue weighted by Gasteiger charge is -2.31. The van der Waals surface area contributed by atoms with Crippen molar-refractivity contribution in [3.8, 4) is 11.5 Å². The monoisotopic (exact) mass is 939 g/mol. The lowest BCUT2D eigenvalue weighted by molar-refractivity contribution is -0.142. The van der Waals surface area contributed by atoms with Crippen molar-refractivity contribution in [2.24, 2.45) is 35.1 Å². The fourth-order valence-corrected chi connectivity index (χ4v) is 5.41. The molecule has 0 aromatic heterocycles. The molecule has 14 heteroatoms. The van der Waals surface area contributed by atoms with Gasteiger partial charge in [0.25, 0.3) is 0 Å². The van der Waals surface area contributed by atoms with Gasteiger partial charge in [0.05, 0.1) is 39.1 Å². The molecule has 66 heavy (non-hydrogen) atoms. The minimum atomic E-state index is -0.521. The summed E-state index contributed by atoms with van der Waals surface area (Å²) in [5.41, 5.74) is 14.2. The molecule has 0 fully saturated rings. The van der Waals surface area contributed by atoms with Crippen LogP contribution in [0.5, 0.6) is 11.5 Å².